The van der Waals surface area contributed by atoms with Crippen LogP contribution >= 0.6 is 0 Å². The first kappa shape index (κ1) is 14.1. The average molecular weight is 278 g/mol. The lowest BCUT2D eigenvalue weighted by molar-refractivity contribution is 0.0965. The van der Waals surface area contributed by atoms with Gasteiger partial charge in [0.2, 0.25) is 0 Å². The zero-order valence-electron chi connectivity index (χ0n) is 13.0. The molecule has 0 amide bonds. The molecule has 0 radical (unpaired) electrons. The van der Waals surface area contributed by atoms with Gasteiger partial charge in [-0.1, -0.05) is 67.9 Å². The first-order valence-corrected chi connectivity index (χ1v) is 7.77. The molecule has 2 aromatic carbocycles. The van der Waals surface area contributed by atoms with E-state index in [1.54, 1.807) is 0 Å². The number of rotatable bonds is 4. The number of Topliss-reactive ketones (excluding diaryl/α,β-unsaturated/α-hetero) is 1. The fraction of sp³-hybridized carbons (Fsp3) is 0.350. The van der Waals surface area contributed by atoms with Crippen molar-refractivity contribution < 1.29 is 4.79 Å². The van der Waals surface area contributed by atoms with Crippen molar-refractivity contribution >= 4 is 5.78 Å². The molecule has 0 heterocycles. The molecule has 2 aromatic rings. The van der Waals surface area contributed by atoms with E-state index >= 15 is 0 Å². The summed E-state index contributed by atoms with van der Waals surface area (Å²) in [4.78, 5) is 12.5. The van der Waals surface area contributed by atoms with Crippen LogP contribution in [0.5, 0.6) is 0 Å². The predicted octanol–water partition coefficient (Wildman–Crippen LogP) is 5.10. The Balaban J connectivity index is 1.71. The zero-order valence-corrected chi connectivity index (χ0v) is 13.0. The molecule has 1 aliphatic rings. The molecular formula is C20H22O. The van der Waals surface area contributed by atoms with Gasteiger partial charge in [-0.3, -0.25) is 4.79 Å². The van der Waals surface area contributed by atoms with Crippen molar-refractivity contribution in [3.8, 4) is 0 Å². The predicted molar refractivity (Wildman–Crippen MR) is 86.9 cm³/mol. The van der Waals surface area contributed by atoms with Crippen molar-refractivity contribution in [2.45, 2.75) is 39.0 Å². The standard InChI is InChI=1S/C20H22O/c1-13(2)15-8-10-17(11-9-15)20(21)19-12-18(19)16-6-4-14(3)5-7-16/h4-11,13,18-19H,12H2,1-3H3. The highest BCUT2D eigenvalue weighted by Gasteiger charge is 2.43. The summed E-state index contributed by atoms with van der Waals surface area (Å²) in [5.41, 5.74) is 4.72. The minimum absolute atomic E-state index is 0.178. The van der Waals surface area contributed by atoms with E-state index < -0.39 is 0 Å². The van der Waals surface area contributed by atoms with Crippen molar-refractivity contribution in [2.24, 2.45) is 5.92 Å². The summed E-state index contributed by atoms with van der Waals surface area (Å²) in [6, 6.07) is 16.7. The lowest BCUT2D eigenvalue weighted by Crippen LogP contribution is -2.03. The molecule has 0 bridgehead atoms. The van der Waals surface area contributed by atoms with Gasteiger partial charge in [0.25, 0.3) is 0 Å². The van der Waals surface area contributed by atoms with Crippen LogP contribution in [0.1, 0.15) is 59.2 Å². The number of ketones is 1. The summed E-state index contributed by atoms with van der Waals surface area (Å²) in [5, 5.41) is 0. The third-order valence-corrected chi connectivity index (χ3v) is 4.49. The van der Waals surface area contributed by atoms with E-state index in [9.17, 15) is 4.79 Å². The zero-order chi connectivity index (χ0) is 15.0. The molecule has 1 fully saturated rings. The van der Waals surface area contributed by atoms with E-state index in [0.29, 0.717) is 17.6 Å². The fourth-order valence-corrected chi connectivity index (χ4v) is 2.91. The van der Waals surface area contributed by atoms with E-state index in [1.165, 1.54) is 16.7 Å². The van der Waals surface area contributed by atoms with Crippen LogP contribution in [0.2, 0.25) is 0 Å². The molecule has 0 saturated heterocycles. The highest BCUT2D eigenvalue weighted by atomic mass is 16.1. The Bertz CT molecular complexity index is 635. The van der Waals surface area contributed by atoms with Crippen LogP contribution in [0, 0.1) is 12.8 Å². The van der Waals surface area contributed by atoms with Gasteiger partial charge < -0.3 is 0 Å². The molecule has 0 N–H and O–H groups in total. The molecule has 0 aromatic heterocycles. The summed E-state index contributed by atoms with van der Waals surface area (Å²) >= 11 is 0. The van der Waals surface area contributed by atoms with E-state index in [1.807, 2.05) is 12.1 Å². The lowest BCUT2D eigenvalue weighted by Gasteiger charge is -2.06. The Morgan fingerprint density at radius 2 is 1.62 bits per heavy atom. The molecule has 0 aliphatic heterocycles. The van der Waals surface area contributed by atoms with Gasteiger partial charge in [-0.05, 0) is 36.3 Å². The number of benzene rings is 2. The smallest absolute Gasteiger partial charge is 0.166 e. The molecule has 21 heavy (non-hydrogen) atoms. The molecule has 0 spiro atoms. The summed E-state index contributed by atoms with van der Waals surface area (Å²) in [6.07, 6.45) is 0.994. The molecular weight excluding hydrogens is 256 g/mol. The van der Waals surface area contributed by atoms with Crippen molar-refractivity contribution in [2.75, 3.05) is 0 Å². The van der Waals surface area contributed by atoms with E-state index in [0.717, 1.165) is 12.0 Å². The minimum atomic E-state index is 0.178. The SMILES string of the molecule is Cc1ccc(C2CC2C(=O)c2ccc(C(C)C)cc2)cc1. The fourth-order valence-electron chi connectivity index (χ4n) is 2.91. The van der Waals surface area contributed by atoms with Crippen LogP contribution in [-0.2, 0) is 0 Å². The topological polar surface area (TPSA) is 17.1 Å². The first-order chi connectivity index (χ1) is 10.1. The number of carbonyl (C=O) groups excluding carboxylic acids is 1. The van der Waals surface area contributed by atoms with Crippen molar-refractivity contribution in [1.82, 2.24) is 0 Å². The maximum Gasteiger partial charge on any atom is 0.166 e. The number of aryl methyl sites for hydroxylation is 1. The summed E-state index contributed by atoms with van der Waals surface area (Å²) in [5.74, 6) is 1.41. The van der Waals surface area contributed by atoms with Crippen LogP contribution in [0.25, 0.3) is 0 Å². The van der Waals surface area contributed by atoms with Gasteiger partial charge >= 0.3 is 0 Å². The second kappa shape index (κ2) is 5.48. The summed E-state index contributed by atoms with van der Waals surface area (Å²) < 4.78 is 0. The molecule has 1 saturated carbocycles. The van der Waals surface area contributed by atoms with Gasteiger partial charge in [-0.2, -0.15) is 0 Å². The lowest BCUT2D eigenvalue weighted by atomic mass is 9.98. The third-order valence-electron chi connectivity index (χ3n) is 4.49. The maximum atomic E-state index is 12.5. The number of carbonyl (C=O) groups is 1. The minimum Gasteiger partial charge on any atom is -0.294 e. The van der Waals surface area contributed by atoms with Gasteiger partial charge in [0.05, 0.1) is 0 Å². The first-order valence-electron chi connectivity index (χ1n) is 7.77. The van der Waals surface area contributed by atoms with E-state index in [2.05, 4.69) is 57.2 Å². The molecule has 2 atom stereocenters. The number of hydrogen-bond acceptors (Lipinski definition) is 1. The van der Waals surface area contributed by atoms with Gasteiger partial charge in [0.1, 0.15) is 0 Å². The molecule has 3 rings (SSSR count). The van der Waals surface area contributed by atoms with Crippen molar-refractivity contribution in [1.29, 1.82) is 0 Å². The van der Waals surface area contributed by atoms with Crippen LogP contribution in [0.15, 0.2) is 48.5 Å². The Labute approximate surface area is 127 Å². The summed E-state index contributed by atoms with van der Waals surface area (Å²) in [7, 11) is 0. The van der Waals surface area contributed by atoms with Crippen LogP contribution in [0.3, 0.4) is 0 Å². The average Bonchev–Trinajstić information content (AvgIpc) is 3.28. The molecule has 1 aliphatic carbocycles. The third kappa shape index (κ3) is 2.92. The van der Waals surface area contributed by atoms with Gasteiger partial charge in [0, 0.05) is 11.5 Å². The Kier molecular flexibility index (Phi) is 3.67. The second-order valence-corrected chi connectivity index (χ2v) is 6.50. The Hall–Kier alpha value is -1.89. The van der Waals surface area contributed by atoms with Crippen LogP contribution < -0.4 is 0 Å². The second-order valence-electron chi connectivity index (χ2n) is 6.50. The maximum absolute atomic E-state index is 12.5. The van der Waals surface area contributed by atoms with Gasteiger partial charge in [-0.25, -0.2) is 0 Å². The molecule has 2 unspecified atom stereocenters. The van der Waals surface area contributed by atoms with Crippen LogP contribution in [0.4, 0.5) is 0 Å². The molecule has 108 valence electrons. The highest BCUT2D eigenvalue weighted by molar-refractivity contribution is 6.00. The van der Waals surface area contributed by atoms with Gasteiger partial charge in [-0.15, -0.1) is 0 Å². The van der Waals surface area contributed by atoms with Gasteiger partial charge in [0.15, 0.2) is 5.78 Å². The van der Waals surface area contributed by atoms with Crippen molar-refractivity contribution in [3.63, 3.8) is 0 Å². The Morgan fingerprint density at radius 3 is 2.19 bits per heavy atom. The van der Waals surface area contributed by atoms with E-state index in [-0.39, 0.29) is 5.92 Å². The Morgan fingerprint density at radius 1 is 1.00 bits per heavy atom. The highest BCUT2D eigenvalue weighted by Crippen LogP contribution is 2.49. The largest absolute Gasteiger partial charge is 0.294 e. The quantitative estimate of drug-likeness (QED) is 0.711. The van der Waals surface area contributed by atoms with Crippen LogP contribution in [-0.4, -0.2) is 5.78 Å². The summed E-state index contributed by atoms with van der Waals surface area (Å²) in [6.45, 7) is 6.44. The monoisotopic (exact) mass is 278 g/mol. The van der Waals surface area contributed by atoms with E-state index in [4.69, 9.17) is 0 Å². The van der Waals surface area contributed by atoms with Crippen molar-refractivity contribution in [3.05, 3.63) is 70.8 Å². The normalized spacial score (nSPS) is 20.6. The number of hydrogen-bond donors (Lipinski definition) is 0. The molecule has 1 heteroatoms. The molecule has 1 nitrogen and oxygen atoms in total.